The first-order chi connectivity index (χ1) is 8.75. The molecule has 2 aliphatic rings. The molecule has 3 N–H and O–H groups in total. The zero-order chi connectivity index (χ0) is 12.8. The van der Waals surface area contributed by atoms with Crippen molar-refractivity contribution in [2.75, 3.05) is 19.6 Å². The standard InChI is InChI=1S/C13H23N3O2/c17-12(8-11-13(18)15-7-6-14-11)16-9-10-4-2-1-3-5-10/h10-11,14H,1-9H2,(H,15,18)(H,16,17). The molecule has 102 valence electrons. The molecular weight excluding hydrogens is 230 g/mol. The Hall–Kier alpha value is -1.10. The summed E-state index contributed by atoms with van der Waals surface area (Å²) >= 11 is 0. The quantitative estimate of drug-likeness (QED) is 0.668. The average Bonchev–Trinajstić information content (AvgIpc) is 2.40. The van der Waals surface area contributed by atoms with Gasteiger partial charge < -0.3 is 16.0 Å². The molecule has 2 amide bonds. The molecule has 1 atom stereocenters. The molecule has 5 nitrogen and oxygen atoms in total. The molecule has 5 heteroatoms. The van der Waals surface area contributed by atoms with Crippen LogP contribution < -0.4 is 16.0 Å². The van der Waals surface area contributed by atoms with Crippen LogP contribution >= 0.6 is 0 Å². The molecule has 0 aromatic carbocycles. The predicted molar refractivity (Wildman–Crippen MR) is 69.0 cm³/mol. The van der Waals surface area contributed by atoms with Crippen LogP contribution in [0.5, 0.6) is 0 Å². The molecule has 0 bridgehead atoms. The summed E-state index contributed by atoms with van der Waals surface area (Å²) in [5.41, 5.74) is 0. The van der Waals surface area contributed by atoms with Crippen LogP contribution in [-0.4, -0.2) is 37.5 Å². The molecule has 0 radical (unpaired) electrons. The Morgan fingerprint density at radius 3 is 2.72 bits per heavy atom. The number of rotatable bonds is 4. The summed E-state index contributed by atoms with van der Waals surface area (Å²) in [5.74, 6) is 0.556. The summed E-state index contributed by atoms with van der Waals surface area (Å²) in [7, 11) is 0. The summed E-state index contributed by atoms with van der Waals surface area (Å²) in [5, 5.41) is 8.79. The Kier molecular flexibility index (Phi) is 4.99. The van der Waals surface area contributed by atoms with Crippen LogP contribution in [0.4, 0.5) is 0 Å². The first kappa shape index (κ1) is 13.3. The molecule has 1 saturated heterocycles. The fourth-order valence-electron chi connectivity index (χ4n) is 2.72. The van der Waals surface area contributed by atoms with Gasteiger partial charge in [-0.2, -0.15) is 0 Å². The molecule has 2 rings (SSSR count). The van der Waals surface area contributed by atoms with E-state index in [9.17, 15) is 9.59 Å². The highest BCUT2D eigenvalue weighted by Crippen LogP contribution is 2.22. The van der Waals surface area contributed by atoms with Crippen molar-refractivity contribution in [2.45, 2.75) is 44.6 Å². The van der Waals surface area contributed by atoms with Gasteiger partial charge in [0.1, 0.15) is 0 Å². The molecule has 18 heavy (non-hydrogen) atoms. The highest BCUT2D eigenvalue weighted by Gasteiger charge is 2.24. The fraction of sp³-hybridized carbons (Fsp3) is 0.846. The second-order valence-corrected chi connectivity index (χ2v) is 5.31. The van der Waals surface area contributed by atoms with E-state index in [1.165, 1.54) is 32.1 Å². The van der Waals surface area contributed by atoms with Gasteiger partial charge in [0.2, 0.25) is 11.8 Å². The number of hydrogen-bond acceptors (Lipinski definition) is 3. The maximum absolute atomic E-state index is 11.8. The molecule has 1 heterocycles. The lowest BCUT2D eigenvalue weighted by atomic mass is 9.89. The van der Waals surface area contributed by atoms with Crippen LogP contribution in [0.3, 0.4) is 0 Å². The van der Waals surface area contributed by atoms with Crippen LogP contribution in [-0.2, 0) is 9.59 Å². The van der Waals surface area contributed by atoms with E-state index >= 15 is 0 Å². The van der Waals surface area contributed by atoms with E-state index in [2.05, 4.69) is 16.0 Å². The number of carbonyl (C=O) groups excluding carboxylic acids is 2. The maximum Gasteiger partial charge on any atom is 0.237 e. The monoisotopic (exact) mass is 253 g/mol. The van der Waals surface area contributed by atoms with Crippen LogP contribution in [0.25, 0.3) is 0 Å². The third-order valence-corrected chi connectivity index (χ3v) is 3.83. The summed E-state index contributed by atoms with van der Waals surface area (Å²) < 4.78 is 0. The molecule has 2 fully saturated rings. The van der Waals surface area contributed by atoms with Crippen LogP contribution in [0.2, 0.25) is 0 Å². The van der Waals surface area contributed by atoms with Gasteiger partial charge in [-0.15, -0.1) is 0 Å². The van der Waals surface area contributed by atoms with E-state index in [4.69, 9.17) is 0 Å². The number of piperazine rings is 1. The molecule has 0 aromatic rings. The van der Waals surface area contributed by atoms with Crippen LogP contribution in [0.1, 0.15) is 38.5 Å². The highest BCUT2D eigenvalue weighted by atomic mass is 16.2. The van der Waals surface area contributed by atoms with Crippen molar-refractivity contribution in [3.63, 3.8) is 0 Å². The van der Waals surface area contributed by atoms with Crippen molar-refractivity contribution in [1.29, 1.82) is 0 Å². The van der Waals surface area contributed by atoms with E-state index in [-0.39, 0.29) is 24.3 Å². The molecular formula is C13H23N3O2. The minimum Gasteiger partial charge on any atom is -0.356 e. The maximum atomic E-state index is 11.8. The normalized spacial score (nSPS) is 25.6. The van der Waals surface area contributed by atoms with Crippen molar-refractivity contribution in [1.82, 2.24) is 16.0 Å². The molecule has 1 saturated carbocycles. The molecule has 1 aliphatic heterocycles. The van der Waals surface area contributed by atoms with Gasteiger partial charge in [-0.05, 0) is 18.8 Å². The zero-order valence-corrected chi connectivity index (χ0v) is 10.8. The predicted octanol–water partition coefficient (Wildman–Crippen LogP) is 0.161. The third-order valence-electron chi connectivity index (χ3n) is 3.83. The van der Waals surface area contributed by atoms with Crippen molar-refractivity contribution in [3.8, 4) is 0 Å². The Morgan fingerprint density at radius 1 is 1.22 bits per heavy atom. The van der Waals surface area contributed by atoms with E-state index in [0.717, 1.165) is 13.1 Å². The lowest BCUT2D eigenvalue weighted by Crippen LogP contribution is -2.54. The van der Waals surface area contributed by atoms with Crippen molar-refractivity contribution >= 4 is 11.8 Å². The lowest BCUT2D eigenvalue weighted by molar-refractivity contribution is -0.129. The summed E-state index contributed by atoms with van der Waals surface area (Å²) in [4.78, 5) is 23.3. The Balaban J connectivity index is 1.66. The minimum atomic E-state index is -0.356. The van der Waals surface area contributed by atoms with E-state index < -0.39 is 0 Å². The summed E-state index contributed by atoms with van der Waals surface area (Å²) in [6, 6.07) is -0.356. The van der Waals surface area contributed by atoms with Gasteiger partial charge in [-0.1, -0.05) is 19.3 Å². The Bertz CT molecular complexity index is 301. The number of carbonyl (C=O) groups is 2. The van der Waals surface area contributed by atoms with Gasteiger partial charge >= 0.3 is 0 Å². The second kappa shape index (κ2) is 6.73. The Labute approximate surface area is 108 Å². The van der Waals surface area contributed by atoms with E-state index in [1.54, 1.807) is 0 Å². The number of amides is 2. The smallest absolute Gasteiger partial charge is 0.237 e. The van der Waals surface area contributed by atoms with Crippen molar-refractivity contribution in [3.05, 3.63) is 0 Å². The van der Waals surface area contributed by atoms with Gasteiger partial charge in [0.15, 0.2) is 0 Å². The molecule has 0 aromatic heterocycles. The van der Waals surface area contributed by atoms with Gasteiger partial charge in [-0.3, -0.25) is 9.59 Å². The lowest BCUT2D eigenvalue weighted by Gasteiger charge is -2.24. The highest BCUT2D eigenvalue weighted by molar-refractivity contribution is 5.88. The van der Waals surface area contributed by atoms with Gasteiger partial charge in [-0.25, -0.2) is 0 Å². The molecule has 0 spiro atoms. The zero-order valence-electron chi connectivity index (χ0n) is 10.8. The van der Waals surface area contributed by atoms with Crippen molar-refractivity contribution in [2.24, 2.45) is 5.92 Å². The fourth-order valence-corrected chi connectivity index (χ4v) is 2.72. The van der Waals surface area contributed by atoms with Gasteiger partial charge in [0, 0.05) is 19.6 Å². The second-order valence-electron chi connectivity index (χ2n) is 5.31. The minimum absolute atomic E-state index is 0.0184. The number of hydrogen-bond donors (Lipinski definition) is 3. The van der Waals surface area contributed by atoms with Gasteiger partial charge in [0.05, 0.1) is 12.5 Å². The molecule has 1 unspecified atom stereocenters. The number of nitrogens with one attached hydrogen (secondary N) is 3. The van der Waals surface area contributed by atoms with E-state index in [1.807, 2.05) is 0 Å². The first-order valence-corrected chi connectivity index (χ1v) is 7.03. The third kappa shape index (κ3) is 3.98. The van der Waals surface area contributed by atoms with Crippen molar-refractivity contribution < 1.29 is 9.59 Å². The van der Waals surface area contributed by atoms with Gasteiger partial charge in [0.25, 0.3) is 0 Å². The van der Waals surface area contributed by atoms with Crippen LogP contribution in [0.15, 0.2) is 0 Å². The first-order valence-electron chi connectivity index (χ1n) is 7.03. The molecule has 1 aliphatic carbocycles. The summed E-state index contributed by atoms with van der Waals surface area (Å²) in [6.45, 7) is 2.17. The summed E-state index contributed by atoms with van der Waals surface area (Å²) in [6.07, 6.45) is 6.60. The van der Waals surface area contributed by atoms with E-state index in [0.29, 0.717) is 12.5 Å². The Morgan fingerprint density at radius 2 is 2.00 bits per heavy atom. The largest absolute Gasteiger partial charge is 0.356 e. The average molecular weight is 253 g/mol. The van der Waals surface area contributed by atoms with Crippen LogP contribution in [0, 0.1) is 5.92 Å². The SMILES string of the molecule is O=C(CC1NCCNC1=O)NCC1CCCCC1. The topological polar surface area (TPSA) is 70.2 Å².